The van der Waals surface area contributed by atoms with Gasteiger partial charge in [-0.3, -0.25) is 14.7 Å². The molecule has 1 amide bonds. The van der Waals surface area contributed by atoms with E-state index >= 15 is 0 Å². The van der Waals surface area contributed by atoms with Crippen molar-refractivity contribution in [3.63, 3.8) is 0 Å². The van der Waals surface area contributed by atoms with Gasteiger partial charge in [0.25, 0.3) is 5.91 Å². The zero-order valence-corrected chi connectivity index (χ0v) is 17.7. The number of hydrogen-bond acceptors (Lipinski definition) is 4. The van der Waals surface area contributed by atoms with Crippen molar-refractivity contribution in [2.45, 2.75) is 25.3 Å². The molecule has 160 valence electrons. The lowest BCUT2D eigenvalue weighted by molar-refractivity contribution is -0.132. The first-order chi connectivity index (χ1) is 15.6. The van der Waals surface area contributed by atoms with Crippen LogP contribution in [0.25, 0.3) is 22.0 Å². The molecule has 1 saturated carbocycles. The molecule has 32 heavy (non-hydrogen) atoms. The highest BCUT2D eigenvalue weighted by atomic mass is 16.5. The molecule has 2 aromatic heterocycles. The van der Waals surface area contributed by atoms with Crippen LogP contribution in [-0.4, -0.2) is 30.7 Å². The van der Waals surface area contributed by atoms with Gasteiger partial charge in [-0.1, -0.05) is 42.3 Å². The number of carbonyl (C=O) groups is 1. The predicted octanol–water partition coefficient (Wildman–Crippen LogP) is 3.49. The van der Waals surface area contributed by atoms with Crippen LogP contribution in [0.4, 0.5) is 0 Å². The standard InChI is InChI=1S/C25H23N5O2/c1-29-16-20(15-26-29)19-10-11-22-21(14-19)23(12-9-17-7-8-17)30(27-22)24(25(31)28-32)13-18-5-3-2-4-6-18/h2-6,10-11,14-17,24,32H,7-8,13H2,1H3,(H,28,31). The van der Waals surface area contributed by atoms with E-state index in [1.54, 1.807) is 9.36 Å². The molecule has 0 aliphatic heterocycles. The van der Waals surface area contributed by atoms with Crippen LogP contribution in [0, 0.1) is 17.8 Å². The van der Waals surface area contributed by atoms with E-state index in [2.05, 4.69) is 16.9 Å². The number of rotatable bonds is 5. The summed E-state index contributed by atoms with van der Waals surface area (Å²) in [5.74, 6) is 6.48. The van der Waals surface area contributed by atoms with E-state index in [1.165, 1.54) is 0 Å². The molecule has 1 unspecified atom stereocenters. The number of benzene rings is 2. The van der Waals surface area contributed by atoms with E-state index in [9.17, 15) is 10.0 Å². The van der Waals surface area contributed by atoms with Crippen LogP contribution in [0.3, 0.4) is 0 Å². The minimum absolute atomic E-state index is 0.384. The van der Waals surface area contributed by atoms with Crippen molar-refractivity contribution in [2.75, 3.05) is 0 Å². The monoisotopic (exact) mass is 425 g/mol. The molecule has 4 aromatic rings. The van der Waals surface area contributed by atoms with Gasteiger partial charge in [-0.2, -0.15) is 10.2 Å². The summed E-state index contributed by atoms with van der Waals surface area (Å²) in [5.41, 5.74) is 6.22. The zero-order valence-electron chi connectivity index (χ0n) is 17.7. The Kier molecular flexibility index (Phi) is 5.21. The maximum atomic E-state index is 12.7. The molecule has 7 nitrogen and oxygen atoms in total. The minimum atomic E-state index is -0.736. The third-order valence-electron chi connectivity index (χ3n) is 5.69. The fourth-order valence-electron chi connectivity index (χ4n) is 3.80. The lowest BCUT2D eigenvalue weighted by Gasteiger charge is -2.17. The summed E-state index contributed by atoms with van der Waals surface area (Å²) in [7, 11) is 1.88. The summed E-state index contributed by atoms with van der Waals surface area (Å²) >= 11 is 0. The van der Waals surface area contributed by atoms with E-state index in [-0.39, 0.29) is 0 Å². The normalized spacial score (nSPS) is 14.1. The van der Waals surface area contributed by atoms with Gasteiger partial charge in [0.2, 0.25) is 0 Å². The maximum Gasteiger partial charge on any atom is 0.268 e. The fourth-order valence-corrected chi connectivity index (χ4v) is 3.80. The number of nitrogens with one attached hydrogen (secondary N) is 1. The topological polar surface area (TPSA) is 85.0 Å². The fraction of sp³-hybridized carbons (Fsp3) is 0.240. The molecule has 1 atom stereocenters. The van der Waals surface area contributed by atoms with Crippen molar-refractivity contribution < 1.29 is 10.0 Å². The second kappa shape index (κ2) is 8.33. The molecule has 7 heteroatoms. The molecule has 2 heterocycles. The number of carbonyl (C=O) groups excluding carboxylic acids is 1. The molecular weight excluding hydrogens is 402 g/mol. The van der Waals surface area contributed by atoms with E-state index < -0.39 is 11.9 Å². The van der Waals surface area contributed by atoms with Crippen molar-refractivity contribution in [3.8, 4) is 23.0 Å². The molecule has 0 saturated heterocycles. The van der Waals surface area contributed by atoms with E-state index in [0.29, 0.717) is 18.0 Å². The number of amides is 1. The van der Waals surface area contributed by atoms with Gasteiger partial charge in [-0.15, -0.1) is 0 Å². The molecule has 1 aliphatic carbocycles. The van der Waals surface area contributed by atoms with Crippen LogP contribution >= 0.6 is 0 Å². The zero-order chi connectivity index (χ0) is 22.1. The second-order valence-electron chi connectivity index (χ2n) is 8.15. The van der Waals surface area contributed by atoms with Crippen molar-refractivity contribution in [1.82, 2.24) is 25.0 Å². The second-order valence-corrected chi connectivity index (χ2v) is 8.15. The van der Waals surface area contributed by atoms with Crippen LogP contribution in [0.5, 0.6) is 0 Å². The number of aromatic nitrogens is 4. The lowest BCUT2D eigenvalue weighted by Crippen LogP contribution is -2.33. The molecular formula is C25H23N5O2. The Hall–Kier alpha value is -3.89. The third-order valence-corrected chi connectivity index (χ3v) is 5.69. The maximum absolute atomic E-state index is 12.7. The first-order valence-corrected chi connectivity index (χ1v) is 10.6. The first kappa shape index (κ1) is 20.0. The Labute approximate surface area is 185 Å². The average Bonchev–Trinajstić information content (AvgIpc) is 3.44. The number of fused-ring (bicyclic) bond motifs is 1. The Bertz CT molecular complexity index is 1340. The number of hydroxylamine groups is 1. The summed E-state index contributed by atoms with van der Waals surface area (Å²) in [6.45, 7) is 0. The van der Waals surface area contributed by atoms with Crippen LogP contribution in [0.15, 0.2) is 60.9 Å². The van der Waals surface area contributed by atoms with Gasteiger partial charge >= 0.3 is 0 Å². The Morgan fingerprint density at radius 2 is 2.03 bits per heavy atom. The van der Waals surface area contributed by atoms with Crippen molar-refractivity contribution >= 4 is 16.8 Å². The highest BCUT2D eigenvalue weighted by Crippen LogP contribution is 2.30. The van der Waals surface area contributed by atoms with Crippen LogP contribution in [-0.2, 0) is 18.3 Å². The van der Waals surface area contributed by atoms with Gasteiger partial charge in [-0.25, -0.2) is 10.2 Å². The number of aryl methyl sites for hydroxylation is 1. The Morgan fingerprint density at radius 3 is 2.72 bits per heavy atom. The SMILES string of the molecule is Cn1cc(-c2ccc3nn(C(Cc4ccccc4)C(=O)NO)c(C#CC4CC4)c3c2)cn1. The average molecular weight is 425 g/mol. The van der Waals surface area contributed by atoms with Gasteiger partial charge in [0, 0.05) is 36.5 Å². The first-order valence-electron chi connectivity index (χ1n) is 10.6. The third kappa shape index (κ3) is 4.01. The van der Waals surface area contributed by atoms with Crippen LogP contribution in [0.1, 0.15) is 30.1 Å². The van der Waals surface area contributed by atoms with E-state index in [4.69, 9.17) is 5.10 Å². The lowest BCUT2D eigenvalue weighted by atomic mass is 10.0. The highest BCUT2D eigenvalue weighted by Gasteiger charge is 2.26. The molecule has 2 N–H and O–H groups in total. The number of hydrogen-bond donors (Lipinski definition) is 2. The predicted molar refractivity (Wildman–Crippen MR) is 121 cm³/mol. The molecule has 0 spiro atoms. The summed E-state index contributed by atoms with van der Waals surface area (Å²) in [6.07, 6.45) is 6.36. The van der Waals surface area contributed by atoms with Crippen LogP contribution < -0.4 is 5.48 Å². The molecule has 1 fully saturated rings. The van der Waals surface area contributed by atoms with Gasteiger partial charge in [-0.05, 0) is 42.0 Å². The van der Waals surface area contributed by atoms with Crippen molar-refractivity contribution in [2.24, 2.45) is 13.0 Å². The van der Waals surface area contributed by atoms with Crippen molar-refractivity contribution in [3.05, 3.63) is 72.2 Å². The quantitative estimate of drug-likeness (QED) is 0.291. The van der Waals surface area contributed by atoms with E-state index in [1.807, 2.05) is 73.5 Å². The highest BCUT2D eigenvalue weighted by molar-refractivity contribution is 5.90. The smallest absolute Gasteiger partial charge is 0.268 e. The van der Waals surface area contributed by atoms with Gasteiger partial charge < -0.3 is 0 Å². The minimum Gasteiger partial charge on any atom is -0.289 e. The summed E-state index contributed by atoms with van der Waals surface area (Å²) < 4.78 is 3.42. The largest absolute Gasteiger partial charge is 0.289 e. The Morgan fingerprint density at radius 1 is 1.22 bits per heavy atom. The molecule has 0 radical (unpaired) electrons. The Balaban J connectivity index is 1.65. The summed E-state index contributed by atoms with van der Waals surface area (Å²) in [4.78, 5) is 12.7. The van der Waals surface area contributed by atoms with Gasteiger partial charge in [0.1, 0.15) is 11.7 Å². The van der Waals surface area contributed by atoms with E-state index in [0.717, 1.165) is 40.4 Å². The van der Waals surface area contributed by atoms with Gasteiger partial charge in [0.15, 0.2) is 0 Å². The summed E-state index contributed by atoms with van der Waals surface area (Å²) in [6, 6.07) is 14.9. The van der Waals surface area contributed by atoms with Crippen LogP contribution in [0.2, 0.25) is 0 Å². The molecule has 1 aliphatic rings. The molecule has 0 bridgehead atoms. The summed E-state index contributed by atoms with van der Waals surface area (Å²) in [5, 5.41) is 19.3. The molecule has 5 rings (SSSR count). The van der Waals surface area contributed by atoms with Crippen molar-refractivity contribution in [1.29, 1.82) is 0 Å². The number of nitrogens with zero attached hydrogens (tertiary/aromatic N) is 4. The molecule has 2 aromatic carbocycles. The van der Waals surface area contributed by atoms with Gasteiger partial charge in [0.05, 0.1) is 11.7 Å².